The average molecular weight is 310 g/mol. The lowest BCUT2D eigenvalue weighted by atomic mass is 10.2. The molecule has 0 saturated carbocycles. The van der Waals surface area contributed by atoms with Crippen molar-refractivity contribution in [2.45, 2.75) is 19.9 Å². The molecule has 0 spiro atoms. The predicted octanol–water partition coefficient (Wildman–Crippen LogP) is 5.39. The van der Waals surface area contributed by atoms with E-state index in [-0.39, 0.29) is 0 Å². The molecule has 4 heteroatoms. The summed E-state index contributed by atoms with van der Waals surface area (Å²) < 4.78 is 5.60. The molecule has 0 aliphatic heterocycles. The van der Waals surface area contributed by atoms with Crippen molar-refractivity contribution < 1.29 is 4.74 Å². The lowest BCUT2D eigenvalue weighted by Crippen LogP contribution is -2.01. The second-order valence-electron chi connectivity index (χ2n) is 4.47. The zero-order chi connectivity index (χ0) is 14.4. The maximum atomic E-state index is 6.15. The van der Waals surface area contributed by atoms with Crippen molar-refractivity contribution in [1.29, 1.82) is 0 Å². The van der Waals surface area contributed by atoms with Crippen molar-refractivity contribution in [2.75, 3.05) is 11.9 Å². The van der Waals surface area contributed by atoms with E-state index in [1.165, 1.54) is 0 Å². The maximum Gasteiger partial charge on any atom is 0.121 e. The van der Waals surface area contributed by atoms with E-state index < -0.39 is 0 Å². The molecule has 0 aliphatic carbocycles. The second kappa shape index (κ2) is 7.41. The first kappa shape index (κ1) is 15.0. The van der Waals surface area contributed by atoms with Gasteiger partial charge in [-0.1, -0.05) is 42.3 Å². The molecular weight excluding hydrogens is 293 g/mol. The lowest BCUT2D eigenvalue weighted by Gasteiger charge is -2.10. The van der Waals surface area contributed by atoms with Crippen LogP contribution in [0, 0.1) is 0 Å². The fourth-order valence-electron chi connectivity index (χ4n) is 1.78. The molecule has 0 atom stereocenters. The van der Waals surface area contributed by atoms with Crippen molar-refractivity contribution in [3.8, 4) is 5.75 Å². The van der Waals surface area contributed by atoms with Crippen LogP contribution in [0.5, 0.6) is 5.75 Å². The Hall–Kier alpha value is -1.38. The molecule has 1 N–H and O–H groups in total. The Balaban J connectivity index is 1.99. The smallest absolute Gasteiger partial charge is 0.121 e. The highest BCUT2D eigenvalue weighted by atomic mass is 35.5. The molecule has 0 aliphatic rings. The van der Waals surface area contributed by atoms with Gasteiger partial charge in [-0.2, -0.15) is 0 Å². The fourth-order valence-corrected chi connectivity index (χ4v) is 2.25. The van der Waals surface area contributed by atoms with Crippen LogP contribution < -0.4 is 10.1 Å². The normalized spacial score (nSPS) is 10.3. The SMILES string of the molecule is CCCOc1cccc(NCc2ccc(Cl)cc2Cl)c1. The van der Waals surface area contributed by atoms with Gasteiger partial charge in [-0.3, -0.25) is 0 Å². The Morgan fingerprint density at radius 3 is 2.70 bits per heavy atom. The quantitative estimate of drug-likeness (QED) is 0.772. The summed E-state index contributed by atoms with van der Waals surface area (Å²) in [5, 5.41) is 4.65. The van der Waals surface area contributed by atoms with Gasteiger partial charge in [0.1, 0.15) is 5.75 Å². The third kappa shape index (κ3) is 4.32. The highest BCUT2D eigenvalue weighted by molar-refractivity contribution is 6.35. The highest BCUT2D eigenvalue weighted by Crippen LogP contribution is 2.23. The molecule has 2 aromatic rings. The number of benzene rings is 2. The molecule has 2 rings (SSSR count). The van der Waals surface area contributed by atoms with Gasteiger partial charge in [0, 0.05) is 28.3 Å². The van der Waals surface area contributed by atoms with Crippen molar-refractivity contribution in [3.63, 3.8) is 0 Å². The Morgan fingerprint density at radius 2 is 1.95 bits per heavy atom. The molecule has 106 valence electrons. The summed E-state index contributed by atoms with van der Waals surface area (Å²) in [6.07, 6.45) is 0.998. The summed E-state index contributed by atoms with van der Waals surface area (Å²) in [6.45, 7) is 3.46. The van der Waals surface area contributed by atoms with Gasteiger partial charge in [0.2, 0.25) is 0 Å². The van der Waals surface area contributed by atoms with Crippen LogP contribution in [-0.4, -0.2) is 6.61 Å². The minimum absolute atomic E-state index is 0.646. The Labute approximate surface area is 129 Å². The number of nitrogens with one attached hydrogen (secondary N) is 1. The van der Waals surface area contributed by atoms with E-state index in [1.807, 2.05) is 36.4 Å². The molecule has 0 aromatic heterocycles. The lowest BCUT2D eigenvalue weighted by molar-refractivity contribution is 0.317. The first-order valence-corrected chi connectivity index (χ1v) is 7.35. The third-order valence-corrected chi connectivity index (χ3v) is 3.39. The first-order chi connectivity index (χ1) is 9.69. The molecule has 0 fully saturated rings. The van der Waals surface area contributed by atoms with Crippen LogP contribution in [0.3, 0.4) is 0 Å². The molecule has 0 radical (unpaired) electrons. The molecule has 0 amide bonds. The van der Waals surface area contributed by atoms with Gasteiger partial charge in [-0.25, -0.2) is 0 Å². The van der Waals surface area contributed by atoms with Crippen LogP contribution >= 0.6 is 23.2 Å². The number of hydrogen-bond donors (Lipinski definition) is 1. The van der Waals surface area contributed by atoms with E-state index in [4.69, 9.17) is 27.9 Å². The Kier molecular flexibility index (Phi) is 5.57. The van der Waals surface area contributed by atoms with E-state index in [1.54, 1.807) is 6.07 Å². The summed E-state index contributed by atoms with van der Waals surface area (Å²) in [4.78, 5) is 0. The van der Waals surface area contributed by atoms with E-state index in [0.29, 0.717) is 16.6 Å². The number of halogens is 2. The van der Waals surface area contributed by atoms with Gasteiger partial charge in [0.05, 0.1) is 6.61 Å². The Morgan fingerprint density at radius 1 is 1.10 bits per heavy atom. The van der Waals surface area contributed by atoms with Crippen LogP contribution in [0.15, 0.2) is 42.5 Å². The van der Waals surface area contributed by atoms with Gasteiger partial charge < -0.3 is 10.1 Å². The molecule has 2 aromatic carbocycles. The van der Waals surface area contributed by atoms with Gasteiger partial charge >= 0.3 is 0 Å². The average Bonchev–Trinajstić information content (AvgIpc) is 2.45. The summed E-state index contributed by atoms with van der Waals surface area (Å²) in [7, 11) is 0. The minimum atomic E-state index is 0.646. The molecule has 0 saturated heterocycles. The molecule has 0 heterocycles. The Bertz CT molecular complexity index is 572. The van der Waals surface area contributed by atoms with E-state index >= 15 is 0 Å². The number of hydrogen-bond acceptors (Lipinski definition) is 2. The first-order valence-electron chi connectivity index (χ1n) is 6.59. The maximum absolute atomic E-state index is 6.15. The number of rotatable bonds is 6. The van der Waals surface area contributed by atoms with Crippen molar-refractivity contribution >= 4 is 28.9 Å². The standard InChI is InChI=1S/C16H17Cl2NO/c1-2-8-20-15-5-3-4-14(10-15)19-11-12-6-7-13(17)9-16(12)18/h3-7,9-10,19H,2,8,11H2,1H3. The number of ether oxygens (including phenoxy) is 1. The van der Waals surface area contributed by atoms with Crippen molar-refractivity contribution in [1.82, 2.24) is 0 Å². The monoisotopic (exact) mass is 309 g/mol. The van der Waals surface area contributed by atoms with Gasteiger partial charge in [-0.15, -0.1) is 0 Å². The molecule has 20 heavy (non-hydrogen) atoms. The summed E-state index contributed by atoms with van der Waals surface area (Å²) in [5.74, 6) is 0.874. The van der Waals surface area contributed by atoms with Crippen molar-refractivity contribution in [2.24, 2.45) is 0 Å². The minimum Gasteiger partial charge on any atom is -0.494 e. The molecule has 0 unspecified atom stereocenters. The topological polar surface area (TPSA) is 21.3 Å². The zero-order valence-corrected chi connectivity index (χ0v) is 12.8. The second-order valence-corrected chi connectivity index (χ2v) is 5.31. The van der Waals surface area contributed by atoms with E-state index in [9.17, 15) is 0 Å². The predicted molar refractivity (Wildman–Crippen MR) is 86.0 cm³/mol. The largest absolute Gasteiger partial charge is 0.494 e. The zero-order valence-electron chi connectivity index (χ0n) is 11.3. The van der Waals surface area contributed by atoms with Crippen LogP contribution in [-0.2, 0) is 6.54 Å². The van der Waals surface area contributed by atoms with E-state index in [0.717, 1.165) is 30.0 Å². The summed E-state index contributed by atoms with van der Waals surface area (Å²) in [5.41, 5.74) is 2.01. The summed E-state index contributed by atoms with van der Waals surface area (Å²) >= 11 is 12.0. The number of anilines is 1. The van der Waals surface area contributed by atoms with Crippen LogP contribution in [0.1, 0.15) is 18.9 Å². The van der Waals surface area contributed by atoms with Crippen molar-refractivity contribution in [3.05, 3.63) is 58.1 Å². The summed E-state index contributed by atoms with van der Waals surface area (Å²) in [6, 6.07) is 13.4. The van der Waals surface area contributed by atoms with Gasteiger partial charge in [0.15, 0.2) is 0 Å². The fraction of sp³-hybridized carbons (Fsp3) is 0.250. The van der Waals surface area contributed by atoms with E-state index in [2.05, 4.69) is 12.2 Å². The third-order valence-electron chi connectivity index (χ3n) is 2.80. The highest BCUT2D eigenvalue weighted by Gasteiger charge is 2.02. The van der Waals surface area contributed by atoms with Crippen LogP contribution in [0.4, 0.5) is 5.69 Å². The molecule has 0 bridgehead atoms. The van der Waals surface area contributed by atoms with Gasteiger partial charge in [0.25, 0.3) is 0 Å². The molecular formula is C16H17Cl2NO. The van der Waals surface area contributed by atoms with Gasteiger partial charge in [-0.05, 0) is 36.2 Å². The molecule has 2 nitrogen and oxygen atoms in total. The van der Waals surface area contributed by atoms with Crippen LogP contribution in [0.25, 0.3) is 0 Å². The van der Waals surface area contributed by atoms with Crippen LogP contribution in [0.2, 0.25) is 10.0 Å².